The van der Waals surface area contributed by atoms with Crippen LogP contribution >= 0.6 is 0 Å². The molecule has 2 aromatic heterocycles. The highest BCUT2D eigenvalue weighted by molar-refractivity contribution is 7.85. The molecule has 0 spiro atoms. The maximum Gasteiger partial charge on any atom is 0.453 e. The van der Waals surface area contributed by atoms with Crippen molar-refractivity contribution < 1.29 is 30.5 Å². The van der Waals surface area contributed by atoms with E-state index in [1.165, 1.54) is 6.07 Å². The number of hydrogen-bond donors (Lipinski definition) is 0. The molecule has 0 amide bonds. The van der Waals surface area contributed by atoms with E-state index in [2.05, 4.69) is 24.4 Å². The van der Waals surface area contributed by atoms with Crippen molar-refractivity contribution in [2.45, 2.75) is 12.6 Å². The number of rotatable bonds is 8. The van der Waals surface area contributed by atoms with Crippen molar-refractivity contribution in [3.8, 4) is 5.75 Å². The summed E-state index contributed by atoms with van der Waals surface area (Å²) < 4.78 is 72.2. The van der Waals surface area contributed by atoms with Gasteiger partial charge >= 0.3 is 6.18 Å². The van der Waals surface area contributed by atoms with E-state index >= 15 is 0 Å². The van der Waals surface area contributed by atoms with E-state index in [-0.39, 0.29) is 12.3 Å². The molecule has 10 nitrogen and oxygen atoms in total. The van der Waals surface area contributed by atoms with Gasteiger partial charge in [0.1, 0.15) is 11.6 Å². The maximum absolute atomic E-state index is 13.1. The van der Waals surface area contributed by atoms with Crippen LogP contribution in [0.1, 0.15) is 12.2 Å². The number of piperazine rings is 1. The molecule has 4 rings (SSSR count). The van der Waals surface area contributed by atoms with Crippen molar-refractivity contribution >= 4 is 27.3 Å². The lowest BCUT2D eigenvalue weighted by atomic mass is 10.2. The normalized spacial score (nSPS) is 15.2. The zero-order chi connectivity index (χ0) is 24.3. The van der Waals surface area contributed by atoms with Crippen LogP contribution in [0.2, 0.25) is 0 Å². The Labute approximate surface area is 194 Å². The third-order valence-electron chi connectivity index (χ3n) is 5.16. The molecule has 34 heavy (non-hydrogen) atoms. The van der Waals surface area contributed by atoms with Crippen LogP contribution in [0.15, 0.2) is 36.4 Å². The van der Waals surface area contributed by atoms with Gasteiger partial charge in [0.25, 0.3) is 15.9 Å². The highest BCUT2D eigenvalue weighted by atomic mass is 32.2. The van der Waals surface area contributed by atoms with Gasteiger partial charge in [-0.1, -0.05) is 0 Å². The van der Waals surface area contributed by atoms with Gasteiger partial charge in [-0.15, -0.1) is 15.3 Å². The molecule has 1 aliphatic rings. The average Bonchev–Trinajstić information content (AvgIpc) is 3.23. The summed E-state index contributed by atoms with van der Waals surface area (Å²) in [6.45, 7) is 2.89. The summed E-state index contributed by atoms with van der Waals surface area (Å²) in [6, 6.07) is 10.6. The third-order valence-corrected chi connectivity index (χ3v) is 5.76. The highest BCUT2D eigenvalue weighted by Crippen LogP contribution is 2.28. The lowest BCUT2D eigenvalue weighted by molar-refractivity contribution is -0.146. The van der Waals surface area contributed by atoms with Crippen molar-refractivity contribution in [3.05, 3.63) is 42.2 Å². The molecule has 1 aromatic carbocycles. The fourth-order valence-corrected chi connectivity index (χ4v) is 3.95. The summed E-state index contributed by atoms with van der Waals surface area (Å²) in [5.74, 6) is -0.0528. The van der Waals surface area contributed by atoms with Gasteiger partial charge < -0.3 is 14.5 Å². The summed E-state index contributed by atoms with van der Waals surface area (Å²) in [6.07, 6.45) is -3.19. The monoisotopic (exact) mass is 500 g/mol. The molecular weight excluding hydrogens is 477 g/mol. The Morgan fingerprint density at radius 1 is 0.941 bits per heavy atom. The molecule has 3 aromatic rings. The molecule has 14 heteroatoms. The quantitative estimate of drug-likeness (QED) is 0.340. The molecular formula is C20H23F3N6O4S. The van der Waals surface area contributed by atoms with Gasteiger partial charge in [-0.05, 0) is 36.4 Å². The highest BCUT2D eigenvalue weighted by Gasteiger charge is 2.37. The third kappa shape index (κ3) is 5.86. The van der Waals surface area contributed by atoms with E-state index in [1.54, 1.807) is 6.07 Å². The van der Waals surface area contributed by atoms with Crippen molar-refractivity contribution in [2.24, 2.45) is 0 Å². The molecule has 184 valence electrons. The van der Waals surface area contributed by atoms with E-state index in [0.717, 1.165) is 16.5 Å². The molecule has 1 saturated heterocycles. The van der Waals surface area contributed by atoms with Crippen LogP contribution < -0.4 is 14.5 Å². The van der Waals surface area contributed by atoms with Crippen LogP contribution in [0.25, 0.3) is 5.65 Å². The predicted molar refractivity (Wildman–Crippen MR) is 118 cm³/mol. The van der Waals surface area contributed by atoms with Crippen LogP contribution in [0.3, 0.4) is 0 Å². The van der Waals surface area contributed by atoms with Gasteiger partial charge in [0.15, 0.2) is 5.65 Å². The van der Waals surface area contributed by atoms with E-state index in [1.807, 2.05) is 29.2 Å². The molecule has 3 heterocycles. The van der Waals surface area contributed by atoms with Crippen LogP contribution in [0.4, 0.5) is 24.7 Å². The van der Waals surface area contributed by atoms with E-state index in [0.29, 0.717) is 50.8 Å². The number of aromatic nitrogens is 4. The molecule has 0 bridgehead atoms. The molecule has 0 atom stereocenters. The molecule has 1 fully saturated rings. The number of anilines is 2. The molecule has 0 aliphatic carbocycles. The number of nitrogens with zero attached hydrogens (tertiary/aromatic N) is 6. The Balaban J connectivity index is 1.31. The van der Waals surface area contributed by atoms with E-state index in [4.69, 9.17) is 4.74 Å². The minimum Gasteiger partial charge on any atom is -0.494 e. The van der Waals surface area contributed by atoms with Crippen LogP contribution in [-0.4, -0.2) is 73.9 Å². The first-order chi connectivity index (χ1) is 16.1. The molecule has 0 radical (unpaired) electrons. The summed E-state index contributed by atoms with van der Waals surface area (Å²) in [5.41, 5.74) is 1.04. The first-order valence-corrected chi connectivity index (χ1v) is 12.3. The average molecular weight is 501 g/mol. The second kappa shape index (κ2) is 9.62. The predicted octanol–water partition coefficient (Wildman–Crippen LogP) is 2.21. The SMILES string of the molecule is CS(=O)(=O)OCCCOc1ccc(N2CCN(c3ccc4nnc(C(F)(F)F)n4n3)CC2)cc1. The van der Waals surface area contributed by atoms with Crippen LogP contribution in [-0.2, 0) is 20.5 Å². The number of halogens is 3. The molecule has 0 saturated carbocycles. The summed E-state index contributed by atoms with van der Waals surface area (Å²) in [7, 11) is -3.44. The van der Waals surface area contributed by atoms with Gasteiger partial charge in [0.2, 0.25) is 0 Å². The summed E-state index contributed by atoms with van der Waals surface area (Å²) in [4.78, 5) is 4.09. The van der Waals surface area contributed by atoms with Gasteiger partial charge in [-0.3, -0.25) is 4.18 Å². The number of hydrogen-bond acceptors (Lipinski definition) is 9. The van der Waals surface area contributed by atoms with Crippen LogP contribution in [0.5, 0.6) is 5.75 Å². The summed E-state index contributed by atoms with van der Waals surface area (Å²) in [5, 5.41) is 10.8. The van der Waals surface area contributed by atoms with E-state index < -0.39 is 22.1 Å². The number of alkyl halides is 3. The molecule has 1 aliphatic heterocycles. The second-order valence-corrected chi connectivity index (χ2v) is 9.32. The van der Waals surface area contributed by atoms with Crippen molar-refractivity contribution in [3.63, 3.8) is 0 Å². The van der Waals surface area contributed by atoms with E-state index in [9.17, 15) is 21.6 Å². The lowest BCUT2D eigenvalue weighted by Gasteiger charge is -2.36. The number of ether oxygens (including phenoxy) is 1. The fourth-order valence-electron chi connectivity index (χ4n) is 3.53. The lowest BCUT2D eigenvalue weighted by Crippen LogP contribution is -2.47. The molecule has 0 N–H and O–H groups in total. The zero-order valence-electron chi connectivity index (χ0n) is 18.3. The number of fused-ring (bicyclic) bond motifs is 1. The van der Waals surface area contributed by atoms with Crippen molar-refractivity contribution in [1.82, 2.24) is 19.8 Å². The summed E-state index contributed by atoms with van der Waals surface area (Å²) >= 11 is 0. The standard InChI is InChI=1S/C20H23F3N6O4S/c1-34(30,31)33-14-2-13-32-16-5-3-15(4-6-16)27-9-11-28(12-10-27)18-8-7-17-24-25-19(20(21,22)23)29(17)26-18/h3-8H,2,9-14H2,1H3. The van der Waals surface area contributed by atoms with Crippen LogP contribution in [0, 0.1) is 0 Å². The Hall–Kier alpha value is -3.13. The van der Waals surface area contributed by atoms with Crippen molar-refractivity contribution in [1.29, 1.82) is 0 Å². The first kappa shape index (κ1) is 24.0. The Morgan fingerprint density at radius 3 is 2.26 bits per heavy atom. The largest absolute Gasteiger partial charge is 0.494 e. The van der Waals surface area contributed by atoms with Crippen molar-refractivity contribution in [2.75, 3.05) is 55.4 Å². The smallest absolute Gasteiger partial charge is 0.453 e. The Bertz CT molecular complexity index is 1230. The maximum atomic E-state index is 13.1. The second-order valence-electron chi connectivity index (χ2n) is 7.68. The van der Waals surface area contributed by atoms with Gasteiger partial charge in [0, 0.05) is 38.3 Å². The zero-order valence-corrected chi connectivity index (χ0v) is 19.1. The first-order valence-electron chi connectivity index (χ1n) is 10.5. The van der Waals surface area contributed by atoms with Gasteiger partial charge in [-0.2, -0.15) is 26.1 Å². The minimum absolute atomic E-state index is 0.0416. The number of benzene rings is 1. The topological polar surface area (TPSA) is 102 Å². The Kier molecular flexibility index (Phi) is 6.79. The fraction of sp³-hybridized carbons (Fsp3) is 0.450. The Morgan fingerprint density at radius 2 is 1.62 bits per heavy atom. The van der Waals surface area contributed by atoms with Gasteiger partial charge in [-0.25, -0.2) is 0 Å². The molecule has 0 unspecified atom stereocenters. The van der Waals surface area contributed by atoms with Gasteiger partial charge in [0.05, 0.1) is 19.5 Å². The minimum atomic E-state index is -4.64.